The van der Waals surface area contributed by atoms with E-state index in [0.717, 1.165) is 0 Å². The van der Waals surface area contributed by atoms with Crippen LogP contribution in [0, 0.1) is 17.0 Å². The fourth-order valence-electron chi connectivity index (χ4n) is 1.74. The number of nitro groups is 1. The number of nitrogens with zero attached hydrogens (tertiary/aromatic N) is 3. The molecule has 0 radical (unpaired) electrons. The van der Waals surface area contributed by atoms with Gasteiger partial charge in [0.05, 0.1) is 10.5 Å². The summed E-state index contributed by atoms with van der Waals surface area (Å²) in [5, 5.41) is 22.5. The summed E-state index contributed by atoms with van der Waals surface area (Å²) in [6, 6.07) is 7.66. The minimum atomic E-state index is -0.490. The van der Waals surface area contributed by atoms with Gasteiger partial charge < -0.3 is 15.7 Å². The number of hydrogen-bond acceptors (Lipinski definition) is 6. The van der Waals surface area contributed by atoms with Crippen molar-refractivity contribution < 1.29 is 14.9 Å². The molecule has 0 saturated carbocycles. The summed E-state index contributed by atoms with van der Waals surface area (Å²) < 4.78 is 5.62. The SMILES string of the molecule is Cc1c(Oc2cccnc2/C(N)=N/O)cccc1[N+](=O)[O-]. The topological polar surface area (TPSA) is 124 Å². The van der Waals surface area contributed by atoms with Crippen molar-refractivity contribution >= 4 is 11.5 Å². The molecule has 0 fully saturated rings. The predicted octanol–water partition coefficient (Wildman–Crippen LogP) is 2.19. The van der Waals surface area contributed by atoms with Gasteiger partial charge in [-0.05, 0) is 25.1 Å². The Bertz CT molecular complexity index is 715. The van der Waals surface area contributed by atoms with Crippen LogP contribution < -0.4 is 10.5 Å². The van der Waals surface area contributed by atoms with Crippen LogP contribution in [-0.4, -0.2) is 21.0 Å². The fourth-order valence-corrected chi connectivity index (χ4v) is 1.74. The molecule has 0 unspecified atom stereocenters. The number of benzene rings is 1. The van der Waals surface area contributed by atoms with Gasteiger partial charge in [-0.25, -0.2) is 4.98 Å². The maximum atomic E-state index is 10.9. The number of oxime groups is 1. The highest BCUT2D eigenvalue weighted by molar-refractivity contribution is 5.97. The first kappa shape index (κ1) is 14.3. The molecule has 0 saturated heterocycles. The van der Waals surface area contributed by atoms with Gasteiger partial charge in [0.2, 0.25) is 0 Å². The third-order valence-electron chi connectivity index (χ3n) is 2.79. The molecule has 108 valence electrons. The summed E-state index contributed by atoms with van der Waals surface area (Å²) >= 11 is 0. The van der Waals surface area contributed by atoms with Crippen molar-refractivity contribution in [1.82, 2.24) is 4.98 Å². The van der Waals surface area contributed by atoms with Crippen molar-refractivity contribution in [3.05, 3.63) is 57.9 Å². The smallest absolute Gasteiger partial charge is 0.276 e. The molecule has 8 heteroatoms. The predicted molar refractivity (Wildman–Crippen MR) is 74.7 cm³/mol. The summed E-state index contributed by atoms with van der Waals surface area (Å²) in [4.78, 5) is 14.4. The van der Waals surface area contributed by atoms with E-state index >= 15 is 0 Å². The highest BCUT2D eigenvalue weighted by Crippen LogP contribution is 2.31. The number of ether oxygens (including phenoxy) is 1. The monoisotopic (exact) mass is 288 g/mol. The van der Waals surface area contributed by atoms with Crippen LogP contribution in [0.2, 0.25) is 0 Å². The Labute approximate surface area is 119 Å². The average molecular weight is 288 g/mol. The van der Waals surface area contributed by atoms with Crippen molar-refractivity contribution in [3.8, 4) is 11.5 Å². The quantitative estimate of drug-likeness (QED) is 0.292. The molecule has 21 heavy (non-hydrogen) atoms. The number of pyridine rings is 1. The van der Waals surface area contributed by atoms with Crippen LogP contribution in [0.25, 0.3) is 0 Å². The first-order valence-corrected chi connectivity index (χ1v) is 5.89. The summed E-state index contributed by atoms with van der Waals surface area (Å²) in [6.07, 6.45) is 1.46. The van der Waals surface area contributed by atoms with E-state index in [-0.39, 0.29) is 23.0 Å². The van der Waals surface area contributed by atoms with Crippen LogP contribution >= 0.6 is 0 Å². The van der Waals surface area contributed by atoms with E-state index in [1.54, 1.807) is 25.1 Å². The molecule has 0 atom stereocenters. The third kappa shape index (κ3) is 2.89. The molecule has 0 aliphatic carbocycles. The summed E-state index contributed by atoms with van der Waals surface area (Å²) in [5.41, 5.74) is 5.98. The van der Waals surface area contributed by atoms with E-state index < -0.39 is 4.92 Å². The van der Waals surface area contributed by atoms with Crippen LogP contribution in [0.15, 0.2) is 41.7 Å². The van der Waals surface area contributed by atoms with E-state index in [1.807, 2.05) is 0 Å². The molecule has 0 spiro atoms. The van der Waals surface area contributed by atoms with Gasteiger partial charge in [0.1, 0.15) is 5.75 Å². The number of amidine groups is 1. The van der Waals surface area contributed by atoms with Gasteiger partial charge in [0.15, 0.2) is 17.3 Å². The highest BCUT2D eigenvalue weighted by Gasteiger charge is 2.17. The molecule has 0 aliphatic rings. The van der Waals surface area contributed by atoms with Crippen LogP contribution in [0.3, 0.4) is 0 Å². The van der Waals surface area contributed by atoms with Gasteiger partial charge >= 0.3 is 0 Å². The molecule has 1 aromatic heterocycles. The maximum absolute atomic E-state index is 10.9. The molecular formula is C13H12N4O4. The third-order valence-corrected chi connectivity index (χ3v) is 2.79. The maximum Gasteiger partial charge on any atom is 0.276 e. The Kier molecular flexibility index (Phi) is 3.98. The first-order chi connectivity index (χ1) is 10.0. The van der Waals surface area contributed by atoms with Gasteiger partial charge in [0.25, 0.3) is 5.69 Å². The average Bonchev–Trinajstić information content (AvgIpc) is 2.49. The molecule has 0 amide bonds. The van der Waals surface area contributed by atoms with Gasteiger partial charge in [-0.2, -0.15) is 0 Å². The number of hydrogen-bond donors (Lipinski definition) is 2. The van der Waals surface area contributed by atoms with Gasteiger partial charge in [-0.3, -0.25) is 10.1 Å². The lowest BCUT2D eigenvalue weighted by Crippen LogP contribution is -2.16. The molecule has 3 N–H and O–H groups in total. The van der Waals surface area contributed by atoms with Crippen LogP contribution in [-0.2, 0) is 0 Å². The lowest BCUT2D eigenvalue weighted by Gasteiger charge is -2.11. The van der Waals surface area contributed by atoms with Crippen molar-refractivity contribution in [1.29, 1.82) is 0 Å². The summed E-state index contributed by atoms with van der Waals surface area (Å²) in [7, 11) is 0. The van der Waals surface area contributed by atoms with Gasteiger partial charge in [-0.1, -0.05) is 11.2 Å². The number of rotatable bonds is 4. The summed E-state index contributed by atoms with van der Waals surface area (Å²) in [5.74, 6) is 0.314. The van der Waals surface area contributed by atoms with Crippen molar-refractivity contribution in [2.75, 3.05) is 0 Å². The minimum absolute atomic E-state index is 0.0539. The number of aromatic nitrogens is 1. The largest absolute Gasteiger partial charge is 0.454 e. The van der Waals surface area contributed by atoms with Crippen molar-refractivity contribution in [3.63, 3.8) is 0 Å². The Hall–Kier alpha value is -3.16. The fraction of sp³-hybridized carbons (Fsp3) is 0.0769. The Morgan fingerprint density at radius 3 is 2.76 bits per heavy atom. The first-order valence-electron chi connectivity index (χ1n) is 5.89. The minimum Gasteiger partial charge on any atom is -0.454 e. The van der Waals surface area contributed by atoms with Crippen LogP contribution in [0.5, 0.6) is 11.5 Å². The summed E-state index contributed by atoms with van der Waals surface area (Å²) in [6.45, 7) is 1.58. The second-order valence-electron chi connectivity index (χ2n) is 4.09. The zero-order chi connectivity index (χ0) is 15.4. The van der Waals surface area contributed by atoms with E-state index in [4.69, 9.17) is 15.7 Å². The van der Waals surface area contributed by atoms with E-state index in [1.165, 1.54) is 18.3 Å². The van der Waals surface area contributed by atoms with Crippen molar-refractivity contribution in [2.45, 2.75) is 6.92 Å². The molecule has 1 heterocycles. The molecule has 0 bridgehead atoms. The molecular weight excluding hydrogens is 276 g/mol. The van der Waals surface area contributed by atoms with Gasteiger partial charge in [0, 0.05) is 12.3 Å². The van der Waals surface area contributed by atoms with Crippen LogP contribution in [0.1, 0.15) is 11.3 Å². The standard InChI is InChI=1S/C13H12N4O4/c1-8-9(17(19)20)4-2-5-10(8)21-11-6-3-7-15-12(11)13(14)16-18/h2-7,18H,1H3,(H2,14,16). The molecule has 2 aromatic rings. The Morgan fingerprint density at radius 2 is 2.10 bits per heavy atom. The molecule has 0 aliphatic heterocycles. The Morgan fingerprint density at radius 1 is 1.38 bits per heavy atom. The normalized spacial score (nSPS) is 11.2. The lowest BCUT2D eigenvalue weighted by molar-refractivity contribution is -0.385. The number of nitro benzene ring substituents is 1. The zero-order valence-electron chi connectivity index (χ0n) is 11.1. The second-order valence-corrected chi connectivity index (χ2v) is 4.09. The van der Waals surface area contributed by atoms with Crippen molar-refractivity contribution in [2.24, 2.45) is 10.9 Å². The Balaban J connectivity index is 2.44. The highest BCUT2D eigenvalue weighted by atomic mass is 16.6. The molecule has 1 aromatic carbocycles. The van der Waals surface area contributed by atoms with Crippen LogP contribution in [0.4, 0.5) is 5.69 Å². The second kappa shape index (κ2) is 5.87. The number of nitrogens with two attached hydrogens (primary N) is 1. The molecule has 8 nitrogen and oxygen atoms in total. The zero-order valence-corrected chi connectivity index (χ0v) is 11.1. The van der Waals surface area contributed by atoms with E-state index in [2.05, 4.69) is 10.1 Å². The molecule has 2 rings (SSSR count). The lowest BCUT2D eigenvalue weighted by atomic mass is 10.2. The van der Waals surface area contributed by atoms with E-state index in [9.17, 15) is 10.1 Å². The van der Waals surface area contributed by atoms with Gasteiger partial charge in [-0.15, -0.1) is 0 Å². The van der Waals surface area contributed by atoms with E-state index in [0.29, 0.717) is 11.3 Å².